The van der Waals surface area contributed by atoms with Crippen molar-refractivity contribution in [2.75, 3.05) is 58.4 Å². The summed E-state index contributed by atoms with van der Waals surface area (Å²) in [5, 5.41) is 0.547. The van der Waals surface area contributed by atoms with E-state index in [1.54, 1.807) is 13.2 Å². The van der Waals surface area contributed by atoms with Crippen LogP contribution in [-0.4, -0.2) is 75.2 Å². The third-order valence-electron chi connectivity index (χ3n) is 6.46. The number of piperazine rings is 1. The normalized spacial score (nSPS) is 17.8. The average molecular weight is 472 g/mol. The molecule has 2 aromatic rings. The van der Waals surface area contributed by atoms with Gasteiger partial charge in [-0.05, 0) is 48.2 Å². The number of ether oxygens (including phenoxy) is 2. The summed E-state index contributed by atoms with van der Waals surface area (Å²) in [5.74, 6) is 0.594. The highest BCUT2D eigenvalue weighted by Gasteiger charge is 2.33. The Morgan fingerprint density at radius 1 is 1.03 bits per heavy atom. The van der Waals surface area contributed by atoms with Gasteiger partial charge in [0.15, 0.2) is 0 Å². The van der Waals surface area contributed by atoms with Crippen LogP contribution in [-0.2, 0) is 20.7 Å². The van der Waals surface area contributed by atoms with Crippen LogP contribution in [0.3, 0.4) is 0 Å². The molecule has 0 spiro atoms. The molecule has 33 heavy (non-hydrogen) atoms. The second kappa shape index (κ2) is 10.5. The van der Waals surface area contributed by atoms with Crippen LogP contribution in [0.5, 0.6) is 5.75 Å². The van der Waals surface area contributed by atoms with Gasteiger partial charge in [-0.15, -0.1) is 0 Å². The fraction of sp³-hybridized carbons (Fsp3) is 0.440. The minimum atomic E-state index is -0.550. The first-order chi connectivity index (χ1) is 16.0. The summed E-state index contributed by atoms with van der Waals surface area (Å²) in [6, 6.07) is 12.7. The molecule has 1 saturated heterocycles. The molecule has 7 nitrogen and oxygen atoms in total. The SMILES string of the molecule is COC(=O)C(c1ccccc1Cl)N1CCN(CC(=O)N2CCCc3cc(OC)ccc32)CC1. The second-order valence-electron chi connectivity index (χ2n) is 8.40. The van der Waals surface area contributed by atoms with E-state index >= 15 is 0 Å². The van der Waals surface area contributed by atoms with Gasteiger partial charge in [0.1, 0.15) is 11.8 Å². The van der Waals surface area contributed by atoms with Crippen molar-refractivity contribution in [2.24, 2.45) is 0 Å². The van der Waals surface area contributed by atoms with Crippen molar-refractivity contribution < 1.29 is 19.1 Å². The quantitative estimate of drug-likeness (QED) is 0.603. The number of hydrogen-bond donors (Lipinski definition) is 0. The van der Waals surface area contributed by atoms with Crippen LogP contribution in [0.4, 0.5) is 5.69 Å². The lowest BCUT2D eigenvalue weighted by Gasteiger charge is -2.39. The smallest absolute Gasteiger partial charge is 0.327 e. The van der Waals surface area contributed by atoms with Gasteiger partial charge >= 0.3 is 5.97 Å². The lowest BCUT2D eigenvalue weighted by atomic mass is 10.0. The number of benzene rings is 2. The molecule has 0 radical (unpaired) electrons. The van der Waals surface area contributed by atoms with Crippen molar-refractivity contribution in [3.05, 3.63) is 58.6 Å². The summed E-state index contributed by atoms with van der Waals surface area (Å²) in [6.45, 7) is 3.75. The minimum absolute atomic E-state index is 0.102. The van der Waals surface area contributed by atoms with E-state index in [9.17, 15) is 9.59 Å². The molecule has 2 aliphatic heterocycles. The van der Waals surface area contributed by atoms with Crippen molar-refractivity contribution in [3.63, 3.8) is 0 Å². The number of nitrogens with zero attached hydrogens (tertiary/aromatic N) is 3. The van der Waals surface area contributed by atoms with Gasteiger partial charge in [0.05, 0.1) is 20.8 Å². The van der Waals surface area contributed by atoms with Gasteiger partial charge < -0.3 is 14.4 Å². The maximum absolute atomic E-state index is 13.2. The topological polar surface area (TPSA) is 62.3 Å². The lowest BCUT2D eigenvalue weighted by molar-refractivity contribution is -0.148. The van der Waals surface area contributed by atoms with Crippen LogP contribution in [0.25, 0.3) is 0 Å². The summed E-state index contributed by atoms with van der Waals surface area (Å²) in [7, 11) is 3.05. The van der Waals surface area contributed by atoms with Crippen molar-refractivity contribution in [2.45, 2.75) is 18.9 Å². The highest BCUT2D eigenvalue weighted by atomic mass is 35.5. The molecule has 0 aromatic heterocycles. The monoisotopic (exact) mass is 471 g/mol. The molecule has 1 fully saturated rings. The Kier molecular flexibility index (Phi) is 7.53. The van der Waals surface area contributed by atoms with Gasteiger partial charge in [0.25, 0.3) is 0 Å². The fourth-order valence-corrected chi connectivity index (χ4v) is 4.94. The average Bonchev–Trinajstić information content (AvgIpc) is 2.85. The fourth-order valence-electron chi connectivity index (χ4n) is 4.70. The van der Waals surface area contributed by atoms with E-state index in [2.05, 4.69) is 9.80 Å². The molecular weight excluding hydrogens is 442 g/mol. The maximum atomic E-state index is 13.2. The number of hydrogen-bond acceptors (Lipinski definition) is 6. The number of amides is 1. The Bertz CT molecular complexity index is 1010. The molecule has 2 heterocycles. The number of fused-ring (bicyclic) bond motifs is 1. The van der Waals surface area contributed by atoms with E-state index in [1.807, 2.05) is 41.3 Å². The predicted octanol–water partition coefficient (Wildman–Crippen LogP) is 3.16. The molecule has 2 aromatic carbocycles. The zero-order valence-corrected chi connectivity index (χ0v) is 19.9. The summed E-state index contributed by atoms with van der Waals surface area (Å²) in [4.78, 5) is 31.9. The number of carbonyl (C=O) groups excluding carboxylic acids is 2. The van der Waals surface area contributed by atoms with Crippen LogP contribution >= 0.6 is 11.6 Å². The van der Waals surface area contributed by atoms with Gasteiger partial charge in [-0.1, -0.05) is 29.8 Å². The van der Waals surface area contributed by atoms with Gasteiger partial charge in [0, 0.05) is 43.4 Å². The number of anilines is 1. The number of rotatable bonds is 6. The Labute approximate surface area is 199 Å². The molecule has 1 amide bonds. The second-order valence-corrected chi connectivity index (χ2v) is 8.81. The summed E-state index contributed by atoms with van der Waals surface area (Å²) < 4.78 is 10.4. The van der Waals surface area contributed by atoms with Crippen molar-refractivity contribution in [1.82, 2.24) is 9.80 Å². The van der Waals surface area contributed by atoms with Crippen LogP contribution in [0, 0.1) is 0 Å². The number of methoxy groups -OCH3 is 2. The van der Waals surface area contributed by atoms with Crippen molar-refractivity contribution >= 4 is 29.2 Å². The van der Waals surface area contributed by atoms with Crippen LogP contribution in [0.2, 0.25) is 5.02 Å². The molecule has 1 unspecified atom stereocenters. The molecule has 8 heteroatoms. The van der Waals surface area contributed by atoms with Crippen molar-refractivity contribution in [3.8, 4) is 5.75 Å². The molecule has 0 N–H and O–H groups in total. The number of carbonyl (C=O) groups is 2. The van der Waals surface area contributed by atoms with E-state index < -0.39 is 6.04 Å². The van der Waals surface area contributed by atoms with Gasteiger partial charge in [-0.3, -0.25) is 14.6 Å². The highest BCUT2D eigenvalue weighted by molar-refractivity contribution is 6.31. The van der Waals surface area contributed by atoms with E-state index in [0.717, 1.165) is 42.0 Å². The highest BCUT2D eigenvalue weighted by Crippen LogP contribution is 2.31. The number of aryl methyl sites for hydroxylation is 1. The first kappa shape index (κ1) is 23.5. The Balaban J connectivity index is 1.40. The third-order valence-corrected chi connectivity index (χ3v) is 6.81. The van der Waals surface area contributed by atoms with Crippen molar-refractivity contribution in [1.29, 1.82) is 0 Å². The largest absolute Gasteiger partial charge is 0.497 e. The number of esters is 1. The number of halogens is 1. The molecule has 0 aliphatic carbocycles. The summed E-state index contributed by atoms with van der Waals surface area (Å²) >= 11 is 6.38. The van der Waals surface area contributed by atoms with Gasteiger partial charge in [-0.2, -0.15) is 0 Å². The minimum Gasteiger partial charge on any atom is -0.497 e. The van der Waals surface area contributed by atoms with E-state index in [0.29, 0.717) is 37.7 Å². The predicted molar refractivity (Wildman–Crippen MR) is 128 cm³/mol. The Morgan fingerprint density at radius 3 is 2.48 bits per heavy atom. The van der Waals surface area contributed by atoms with Crippen LogP contribution in [0.15, 0.2) is 42.5 Å². The van der Waals surface area contributed by atoms with Crippen LogP contribution < -0.4 is 9.64 Å². The van der Waals surface area contributed by atoms with E-state index in [1.165, 1.54) is 7.11 Å². The zero-order valence-electron chi connectivity index (χ0n) is 19.1. The van der Waals surface area contributed by atoms with E-state index in [4.69, 9.17) is 21.1 Å². The molecule has 2 aliphatic rings. The summed E-state index contributed by atoms with van der Waals surface area (Å²) in [6.07, 6.45) is 1.89. The molecule has 176 valence electrons. The maximum Gasteiger partial charge on any atom is 0.327 e. The first-order valence-electron chi connectivity index (χ1n) is 11.3. The Morgan fingerprint density at radius 2 is 1.79 bits per heavy atom. The Hall–Kier alpha value is -2.61. The zero-order chi connectivity index (χ0) is 23.4. The molecule has 4 rings (SSSR count). The first-order valence-corrected chi connectivity index (χ1v) is 11.7. The van der Waals surface area contributed by atoms with Crippen LogP contribution in [0.1, 0.15) is 23.6 Å². The molecule has 1 atom stereocenters. The molecule has 0 bridgehead atoms. The summed E-state index contributed by atoms with van der Waals surface area (Å²) in [5.41, 5.74) is 2.88. The van der Waals surface area contributed by atoms with Gasteiger partial charge in [0.2, 0.25) is 5.91 Å². The standard InChI is InChI=1S/C25H30ClN3O4/c1-32-19-9-10-22-18(16-19)6-5-11-29(22)23(30)17-27-12-14-28(15-13-27)24(25(31)33-2)20-7-3-4-8-21(20)26/h3-4,7-10,16,24H,5-6,11-15,17H2,1-2H3. The lowest BCUT2D eigenvalue weighted by Crippen LogP contribution is -2.52. The van der Waals surface area contributed by atoms with Gasteiger partial charge in [-0.25, -0.2) is 4.79 Å². The molecule has 0 saturated carbocycles. The molecular formula is C25H30ClN3O4. The third kappa shape index (κ3) is 5.16. The van der Waals surface area contributed by atoms with E-state index in [-0.39, 0.29) is 11.9 Å².